The molecular formula is C11H14BrFO3. The molecule has 1 aromatic carbocycles. The monoisotopic (exact) mass is 292 g/mol. The largest absolute Gasteiger partial charge is 0.492 e. The van der Waals surface area contributed by atoms with Crippen LogP contribution in [0, 0.1) is 5.82 Å². The number of hydrogen-bond donors (Lipinski definition) is 1. The molecule has 0 saturated heterocycles. The van der Waals surface area contributed by atoms with Gasteiger partial charge in [-0.15, -0.1) is 0 Å². The maximum Gasteiger partial charge on any atom is 0.175 e. The lowest BCUT2D eigenvalue weighted by Crippen LogP contribution is -2.09. The predicted octanol–water partition coefficient (Wildman–Crippen LogP) is 2.53. The topological polar surface area (TPSA) is 38.7 Å². The number of benzene rings is 1. The van der Waals surface area contributed by atoms with Crippen molar-refractivity contribution in [3.05, 3.63) is 21.9 Å². The van der Waals surface area contributed by atoms with Crippen LogP contribution in [0.4, 0.5) is 4.39 Å². The van der Waals surface area contributed by atoms with Crippen molar-refractivity contribution >= 4 is 15.9 Å². The van der Waals surface area contributed by atoms with E-state index in [2.05, 4.69) is 15.9 Å². The molecule has 0 aromatic heterocycles. The summed E-state index contributed by atoms with van der Waals surface area (Å²) in [6.45, 7) is 1.59. The van der Waals surface area contributed by atoms with Gasteiger partial charge in [0.15, 0.2) is 11.5 Å². The van der Waals surface area contributed by atoms with Crippen molar-refractivity contribution in [2.24, 2.45) is 0 Å². The summed E-state index contributed by atoms with van der Waals surface area (Å²) in [5, 5.41) is 9.31. The smallest absolute Gasteiger partial charge is 0.175 e. The Labute approximate surface area is 102 Å². The van der Waals surface area contributed by atoms with Crippen LogP contribution in [0.25, 0.3) is 0 Å². The predicted molar refractivity (Wildman–Crippen MR) is 62.6 cm³/mol. The van der Waals surface area contributed by atoms with E-state index >= 15 is 0 Å². The van der Waals surface area contributed by atoms with Gasteiger partial charge < -0.3 is 14.6 Å². The highest BCUT2D eigenvalue weighted by Gasteiger charge is 2.19. The first-order valence-corrected chi connectivity index (χ1v) is 5.57. The van der Waals surface area contributed by atoms with E-state index in [1.54, 1.807) is 6.92 Å². The van der Waals surface area contributed by atoms with Crippen LogP contribution in [0.5, 0.6) is 11.5 Å². The SMILES string of the molecule is COc1c(Br)cc(F)c(CC(C)O)c1OC. The van der Waals surface area contributed by atoms with Crippen molar-refractivity contribution < 1.29 is 19.0 Å². The van der Waals surface area contributed by atoms with E-state index in [4.69, 9.17) is 9.47 Å². The van der Waals surface area contributed by atoms with Gasteiger partial charge in [0.2, 0.25) is 0 Å². The maximum absolute atomic E-state index is 13.7. The number of aliphatic hydroxyl groups excluding tert-OH is 1. The zero-order valence-electron chi connectivity index (χ0n) is 9.38. The Hall–Kier alpha value is -0.810. The molecule has 0 fully saturated rings. The van der Waals surface area contributed by atoms with E-state index in [-0.39, 0.29) is 6.42 Å². The average Bonchev–Trinajstić information content (AvgIpc) is 2.20. The van der Waals surface area contributed by atoms with E-state index in [0.29, 0.717) is 21.5 Å². The molecule has 0 spiro atoms. The van der Waals surface area contributed by atoms with Crippen molar-refractivity contribution in [2.75, 3.05) is 14.2 Å². The van der Waals surface area contributed by atoms with Gasteiger partial charge in [-0.1, -0.05) is 0 Å². The number of rotatable bonds is 4. The molecule has 90 valence electrons. The Morgan fingerprint density at radius 2 is 1.94 bits per heavy atom. The third-order valence-corrected chi connectivity index (χ3v) is 2.74. The van der Waals surface area contributed by atoms with Crippen LogP contribution in [0.2, 0.25) is 0 Å². The lowest BCUT2D eigenvalue weighted by Gasteiger charge is -2.16. The third kappa shape index (κ3) is 2.65. The van der Waals surface area contributed by atoms with Gasteiger partial charge in [-0.05, 0) is 28.9 Å². The molecule has 5 heteroatoms. The second-order valence-corrected chi connectivity index (χ2v) is 4.29. The zero-order chi connectivity index (χ0) is 12.3. The molecule has 0 bridgehead atoms. The van der Waals surface area contributed by atoms with Crippen LogP contribution in [-0.4, -0.2) is 25.4 Å². The van der Waals surface area contributed by atoms with Gasteiger partial charge in [0.25, 0.3) is 0 Å². The molecule has 0 aliphatic heterocycles. The Bertz CT molecular complexity index is 380. The Morgan fingerprint density at radius 3 is 2.38 bits per heavy atom. The zero-order valence-corrected chi connectivity index (χ0v) is 11.0. The van der Waals surface area contributed by atoms with Crippen molar-refractivity contribution in [1.29, 1.82) is 0 Å². The number of hydrogen-bond acceptors (Lipinski definition) is 3. The number of aliphatic hydroxyl groups is 1. The first-order valence-electron chi connectivity index (χ1n) is 4.78. The second-order valence-electron chi connectivity index (χ2n) is 3.44. The van der Waals surface area contributed by atoms with Crippen LogP contribution in [0.3, 0.4) is 0 Å². The third-order valence-electron chi connectivity index (χ3n) is 2.15. The number of halogens is 2. The lowest BCUT2D eigenvalue weighted by atomic mass is 10.1. The molecule has 0 amide bonds. The van der Waals surface area contributed by atoms with Crippen molar-refractivity contribution in [3.8, 4) is 11.5 Å². The lowest BCUT2D eigenvalue weighted by molar-refractivity contribution is 0.192. The van der Waals surface area contributed by atoms with E-state index in [0.717, 1.165) is 0 Å². The molecule has 0 aliphatic carbocycles. The first-order chi connectivity index (χ1) is 7.51. The number of ether oxygens (including phenoxy) is 2. The highest BCUT2D eigenvalue weighted by molar-refractivity contribution is 9.10. The molecule has 1 atom stereocenters. The molecule has 0 radical (unpaired) electrons. The van der Waals surface area contributed by atoms with Gasteiger partial charge in [0.05, 0.1) is 24.8 Å². The summed E-state index contributed by atoms with van der Waals surface area (Å²) >= 11 is 3.19. The fraction of sp³-hybridized carbons (Fsp3) is 0.455. The van der Waals surface area contributed by atoms with Crippen LogP contribution >= 0.6 is 15.9 Å². The molecule has 1 rings (SSSR count). The first kappa shape index (κ1) is 13.3. The molecule has 16 heavy (non-hydrogen) atoms. The maximum atomic E-state index is 13.7. The van der Waals surface area contributed by atoms with Crippen molar-refractivity contribution in [1.82, 2.24) is 0 Å². The molecule has 1 aromatic rings. The second kappa shape index (κ2) is 5.50. The molecule has 0 heterocycles. The summed E-state index contributed by atoms with van der Waals surface area (Å²) in [4.78, 5) is 0. The minimum atomic E-state index is -0.644. The summed E-state index contributed by atoms with van der Waals surface area (Å²) in [5.41, 5.74) is 0.317. The molecule has 3 nitrogen and oxygen atoms in total. The van der Waals surface area contributed by atoms with Gasteiger partial charge in [0.1, 0.15) is 5.82 Å². The van der Waals surface area contributed by atoms with E-state index in [1.807, 2.05) is 0 Å². The molecule has 1 unspecified atom stereocenters. The van der Waals surface area contributed by atoms with Crippen LogP contribution < -0.4 is 9.47 Å². The minimum Gasteiger partial charge on any atom is -0.492 e. The highest BCUT2D eigenvalue weighted by Crippen LogP contribution is 2.40. The van der Waals surface area contributed by atoms with Gasteiger partial charge in [-0.2, -0.15) is 0 Å². The Kier molecular flexibility index (Phi) is 4.56. The average molecular weight is 293 g/mol. The van der Waals surface area contributed by atoms with E-state index in [9.17, 15) is 9.50 Å². The normalized spacial score (nSPS) is 12.4. The summed E-state index contributed by atoms with van der Waals surface area (Å²) in [7, 11) is 2.92. The van der Waals surface area contributed by atoms with Crippen LogP contribution in [0.15, 0.2) is 10.5 Å². The number of methoxy groups -OCH3 is 2. The van der Waals surface area contributed by atoms with Gasteiger partial charge in [0, 0.05) is 12.0 Å². The van der Waals surface area contributed by atoms with E-state index in [1.165, 1.54) is 20.3 Å². The fourth-order valence-corrected chi connectivity index (χ4v) is 2.05. The molecular weight excluding hydrogens is 279 g/mol. The van der Waals surface area contributed by atoms with E-state index < -0.39 is 11.9 Å². The van der Waals surface area contributed by atoms with Crippen LogP contribution in [-0.2, 0) is 6.42 Å². The Balaban J connectivity index is 3.34. The van der Waals surface area contributed by atoms with Gasteiger partial charge in [-0.25, -0.2) is 4.39 Å². The van der Waals surface area contributed by atoms with Crippen molar-refractivity contribution in [2.45, 2.75) is 19.4 Å². The summed E-state index contributed by atoms with van der Waals surface area (Å²) in [6.07, 6.45) is -0.465. The Morgan fingerprint density at radius 1 is 1.38 bits per heavy atom. The van der Waals surface area contributed by atoms with Gasteiger partial charge >= 0.3 is 0 Å². The quantitative estimate of drug-likeness (QED) is 0.927. The highest BCUT2D eigenvalue weighted by atomic mass is 79.9. The standard InChI is InChI=1S/C11H14BrFO3/c1-6(14)4-7-9(13)5-8(12)11(16-3)10(7)15-2/h5-6,14H,4H2,1-3H3. The summed E-state index contributed by atoms with van der Waals surface area (Å²) < 4.78 is 24.4. The summed E-state index contributed by atoms with van der Waals surface area (Å²) in [5.74, 6) is 0.320. The molecule has 1 N–H and O–H groups in total. The fourth-order valence-electron chi connectivity index (χ4n) is 1.51. The minimum absolute atomic E-state index is 0.179. The molecule has 0 aliphatic rings. The molecule has 0 saturated carbocycles. The summed E-state index contributed by atoms with van der Waals surface area (Å²) in [6, 6.07) is 1.30. The van der Waals surface area contributed by atoms with Crippen LogP contribution in [0.1, 0.15) is 12.5 Å². The van der Waals surface area contributed by atoms with Gasteiger partial charge in [-0.3, -0.25) is 0 Å². The van der Waals surface area contributed by atoms with Crippen molar-refractivity contribution in [3.63, 3.8) is 0 Å².